The SMILES string of the molecule is CC1CNC(CC2CCCCN2C)O1. The minimum atomic E-state index is 0.301. The van der Waals surface area contributed by atoms with Gasteiger partial charge in [-0.25, -0.2) is 0 Å². The molecule has 3 nitrogen and oxygen atoms in total. The van der Waals surface area contributed by atoms with Crippen LogP contribution in [0.1, 0.15) is 32.6 Å². The molecule has 0 aromatic heterocycles. The van der Waals surface area contributed by atoms with Crippen molar-refractivity contribution in [1.82, 2.24) is 10.2 Å². The number of hydrogen-bond acceptors (Lipinski definition) is 3. The highest BCUT2D eigenvalue weighted by Crippen LogP contribution is 2.21. The summed E-state index contributed by atoms with van der Waals surface area (Å²) >= 11 is 0. The maximum Gasteiger partial charge on any atom is 0.110 e. The van der Waals surface area contributed by atoms with E-state index in [1.54, 1.807) is 0 Å². The van der Waals surface area contributed by atoms with E-state index in [1.807, 2.05) is 0 Å². The van der Waals surface area contributed by atoms with Crippen LogP contribution in [0.25, 0.3) is 0 Å². The fourth-order valence-corrected chi connectivity index (χ4v) is 2.50. The van der Waals surface area contributed by atoms with Gasteiger partial charge < -0.3 is 9.64 Å². The first-order valence-corrected chi connectivity index (χ1v) is 5.85. The topological polar surface area (TPSA) is 24.5 Å². The lowest BCUT2D eigenvalue weighted by atomic mass is 9.99. The van der Waals surface area contributed by atoms with Crippen molar-refractivity contribution in [3.63, 3.8) is 0 Å². The summed E-state index contributed by atoms with van der Waals surface area (Å²) in [4.78, 5) is 2.48. The van der Waals surface area contributed by atoms with E-state index in [-0.39, 0.29) is 0 Å². The standard InChI is InChI=1S/C11H22N2O/c1-9-8-12-11(14-9)7-10-5-3-4-6-13(10)2/h9-12H,3-8H2,1-2H3. The summed E-state index contributed by atoms with van der Waals surface area (Å²) in [5, 5.41) is 3.43. The summed E-state index contributed by atoms with van der Waals surface area (Å²) in [5.74, 6) is 0. The summed E-state index contributed by atoms with van der Waals surface area (Å²) in [5.41, 5.74) is 0. The maximum atomic E-state index is 5.77. The van der Waals surface area contributed by atoms with Crippen molar-refractivity contribution in [3.05, 3.63) is 0 Å². The van der Waals surface area contributed by atoms with Crippen LogP contribution >= 0.6 is 0 Å². The molecule has 2 fully saturated rings. The lowest BCUT2D eigenvalue weighted by Crippen LogP contribution is -2.40. The molecule has 3 heteroatoms. The van der Waals surface area contributed by atoms with Gasteiger partial charge in [0.05, 0.1) is 6.10 Å². The molecular weight excluding hydrogens is 176 g/mol. The van der Waals surface area contributed by atoms with Gasteiger partial charge in [-0.15, -0.1) is 0 Å². The average molecular weight is 198 g/mol. The minimum Gasteiger partial charge on any atom is -0.359 e. The van der Waals surface area contributed by atoms with Crippen LogP contribution in [0.3, 0.4) is 0 Å². The number of rotatable bonds is 2. The van der Waals surface area contributed by atoms with Gasteiger partial charge in [0.1, 0.15) is 6.23 Å². The van der Waals surface area contributed by atoms with Crippen LogP contribution in [0.5, 0.6) is 0 Å². The van der Waals surface area contributed by atoms with Crippen molar-refractivity contribution in [2.75, 3.05) is 20.1 Å². The number of hydrogen-bond donors (Lipinski definition) is 1. The molecule has 0 spiro atoms. The molecule has 2 aliphatic heterocycles. The first kappa shape index (κ1) is 10.4. The van der Waals surface area contributed by atoms with Crippen molar-refractivity contribution < 1.29 is 4.74 Å². The van der Waals surface area contributed by atoms with Crippen molar-refractivity contribution in [2.24, 2.45) is 0 Å². The van der Waals surface area contributed by atoms with Gasteiger partial charge in [-0.2, -0.15) is 0 Å². The van der Waals surface area contributed by atoms with E-state index >= 15 is 0 Å². The largest absolute Gasteiger partial charge is 0.359 e. The summed E-state index contributed by atoms with van der Waals surface area (Å²) in [6.07, 6.45) is 5.94. The molecule has 0 aromatic rings. The Morgan fingerprint density at radius 3 is 2.93 bits per heavy atom. The van der Waals surface area contributed by atoms with Crippen LogP contribution in [0.4, 0.5) is 0 Å². The van der Waals surface area contributed by atoms with Crippen LogP contribution in [0.15, 0.2) is 0 Å². The zero-order valence-electron chi connectivity index (χ0n) is 9.33. The molecule has 0 aliphatic carbocycles. The van der Waals surface area contributed by atoms with Crippen LogP contribution in [-0.4, -0.2) is 43.4 Å². The first-order chi connectivity index (χ1) is 6.75. The molecule has 2 aliphatic rings. The van der Waals surface area contributed by atoms with E-state index in [2.05, 4.69) is 24.2 Å². The van der Waals surface area contributed by atoms with E-state index in [9.17, 15) is 0 Å². The van der Waals surface area contributed by atoms with Crippen LogP contribution < -0.4 is 5.32 Å². The third kappa shape index (κ3) is 2.47. The van der Waals surface area contributed by atoms with Crippen molar-refractivity contribution in [1.29, 1.82) is 0 Å². The van der Waals surface area contributed by atoms with Gasteiger partial charge in [-0.05, 0) is 33.4 Å². The number of likely N-dealkylation sites (tertiary alicyclic amines) is 1. The Labute approximate surface area is 86.8 Å². The Balaban J connectivity index is 1.78. The monoisotopic (exact) mass is 198 g/mol. The van der Waals surface area contributed by atoms with Gasteiger partial charge in [-0.3, -0.25) is 5.32 Å². The second-order valence-corrected chi connectivity index (χ2v) is 4.71. The number of nitrogens with zero attached hydrogens (tertiary/aromatic N) is 1. The Hall–Kier alpha value is -0.120. The summed E-state index contributed by atoms with van der Waals surface area (Å²) in [6, 6.07) is 0.728. The molecule has 2 heterocycles. The predicted octanol–water partition coefficient (Wildman–Crippen LogP) is 1.20. The zero-order chi connectivity index (χ0) is 9.97. The average Bonchev–Trinajstić information content (AvgIpc) is 2.56. The number of ether oxygens (including phenoxy) is 1. The number of nitrogens with one attached hydrogen (secondary N) is 1. The summed E-state index contributed by atoms with van der Waals surface area (Å²) < 4.78 is 5.77. The van der Waals surface area contributed by atoms with Crippen molar-refractivity contribution in [3.8, 4) is 0 Å². The molecule has 0 amide bonds. The van der Waals surface area contributed by atoms with E-state index < -0.39 is 0 Å². The minimum absolute atomic E-state index is 0.301. The van der Waals surface area contributed by atoms with Gasteiger partial charge in [0.15, 0.2) is 0 Å². The van der Waals surface area contributed by atoms with Crippen LogP contribution in [0, 0.1) is 0 Å². The van der Waals surface area contributed by atoms with Crippen molar-refractivity contribution >= 4 is 0 Å². The molecule has 14 heavy (non-hydrogen) atoms. The highest BCUT2D eigenvalue weighted by Gasteiger charge is 2.27. The lowest BCUT2D eigenvalue weighted by Gasteiger charge is -2.33. The molecule has 3 unspecified atom stereocenters. The van der Waals surface area contributed by atoms with Gasteiger partial charge in [0, 0.05) is 19.0 Å². The van der Waals surface area contributed by atoms with Gasteiger partial charge in [0.2, 0.25) is 0 Å². The predicted molar refractivity (Wildman–Crippen MR) is 57.2 cm³/mol. The Kier molecular flexibility index (Phi) is 3.42. The molecule has 0 radical (unpaired) electrons. The summed E-state index contributed by atoms with van der Waals surface area (Å²) in [7, 11) is 2.24. The molecule has 0 bridgehead atoms. The molecule has 0 aromatic carbocycles. The summed E-state index contributed by atoms with van der Waals surface area (Å²) in [6.45, 7) is 4.41. The second-order valence-electron chi connectivity index (χ2n) is 4.71. The van der Waals surface area contributed by atoms with E-state index in [0.29, 0.717) is 12.3 Å². The quantitative estimate of drug-likeness (QED) is 0.721. The molecule has 2 saturated heterocycles. The zero-order valence-corrected chi connectivity index (χ0v) is 9.33. The van der Waals surface area contributed by atoms with E-state index in [4.69, 9.17) is 4.74 Å². The van der Waals surface area contributed by atoms with Gasteiger partial charge >= 0.3 is 0 Å². The number of piperidine rings is 1. The van der Waals surface area contributed by atoms with Crippen LogP contribution in [0.2, 0.25) is 0 Å². The molecule has 1 N–H and O–H groups in total. The normalized spacial score (nSPS) is 40.3. The lowest BCUT2D eigenvalue weighted by molar-refractivity contribution is 0.0218. The second kappa shape index (κ2) is 4.60. The van der Waals surface area contributed by atoms with E-state index in [0.717, 1.165) is 19.0 Å². The molecule has 82 valence electrons. The third-order valence-electron chi connectivity index (χ3n) is 3.44. The van der Waals surface area contributed by atoms with Crippen molar-refractivity contribution in [2.45, 2.75) is 51.0 Å². The fourth-order valence-electron chi connectivity index (χ4n) is 2.50. The Morgan fingerprint density at radius 1 is 1.43 bits per heavy atom. The Morgan fingerprint density at radius 2 is 2.29 bits per heavy atom. The molecular formula is C11H22N2O. The first-order valence-electron chi connectivity index (χ1n) is 5.85. The van der Waals surface area contributed by atoms with E-state index in [1.165, 1.54) is 25.8 Å². The molecule has 2 rings (SSSR count). The van der Waals surface area contributed by atoms with Crippen LogP contribution in [-0.2, 0) is 4.74 Å². The third-order valence-corrected chi connectivity index (χ3v) is 3.44. The fraction of sp³-hybridized carbons (Fsp3) is 1.00. The molecule has 0 saturated carbocycles. The molecule has 3 atom stereocenters. The highest BCUT2D eigenvalue weighted by atomic mass is 16.5. The Bertz CT molecular complexity index is 186. The smallest absolute Gasteiger partial charge is 0.110 e. The van der Waals surface area contributed by atoms with Gasteiger partial charge in [-0.1, -0.05) is 6.42 Å². The van der Waals surface area contributed by atoms with Gasteiger partial charge in [0.25, 0.3) is 0 Å². The highest BCUT2D eigenvalue weighted by molar-refractivity contribution is 4.80. The maximum absolute atomic E-state index is 5.77.